The predicted molar refractivity (Wildman–Crippen MR) is 142 cm³/mol. The van der Waals surface area contributed by atoms with Gasteiger partial charge in [0, 0.05) is 16.8 Å². The van der Waals surface area contributed by atoms with Crippen molar-refractivity contribution >= 4 is 40.1 Å². The van der Waals surface area contributed by atoms with Gasteiger partial charge < -0.3 is 15.8 Å². The molecule has 182 valence electrons. The maximum atomic E-state index is 13.5. The number of aryl methyl sites for hydroxylation is 3. The molecule has 1 aliphatic rings. The van der Waals surface area contributed by atoms with Crippen molar-refractivity contribution in [1.82, 2.24) is 0 Å². The predicted octanol–water partition coefficient (Wildman–Crippen LogP) is 5.89. The van der Waals surface area contributed by atoms with E-state index >= 15 is 0 Å². The molecule has 6 nitrogen and oxygen atoms in total. The number of rotatable bonds is 7. The highest BCUT2D eigenvalue weighted by atomic mass is 32.1. The van der Waals surface area contributed by atoms with Gasteiger partial charge >= 0.3 is 0 Å². The summed E-state index contributed by atoms with van der Waals surface area (Å²) < 4.78 is 5.40. The number of carbonyl (C=O) groups excluding carboxylic acids is 2. The highest BCUT2D eigenvalue weighted by Gasteiger charge is 2.24. The van der Waals surface area contributed by atoms with Crippen LogP contribution in [0.15, 0.2) is 47.5 Å². The maximum Gasteiger partial charge on any atom is 0.259 e. The molecule has 0 unspecified atom stereocenters. The third-order valence-electron chi connectivity index (χ3n) is 6.21. The largest absolute Gasteiger partial charge is 0.484 e. The van der Waals surface area contributed by atoms with E-state index in [2.05, 4.69) is 12.2 Å². The smallest absolute Gasteiger partial charge is 0.259 e. The topological polar surface area (TPSA) is 93.8 Å². The Bertz CT molecular complexity index is 1260. The number of hydrogen-bond donors (Lipinski definition) is 2. The third-order valence-corrected chi connectivity index (χ3v) is 7.41. The first kappa shape index (κ1) is 24.7. The number of carbonyl (C=O) groups is 2. The summed E-state index contributed by atoms with van der Waals surface area (Å²) in [6.07, 6.45) is 8.24. The first-order chi connectivity index (χ1) is 16.9. The van der Waals surface area contributed by atoms with Crippen molar-refractivity contribution in [3.63, 3.8) is 0 Å². The molecule has 0 spiro atoms. The van der Waals surface area contributed by atoms with Gasteiger partial charge in [-0.05, 0) is 86.1 Å². The average molecular weight is 490 g/mol. The van der Waals surface area contributed by atoms with Crippen molar-refractivity contribution in [3.05, 3.63) is 75.2 Å². The minimum atomic E-state index is -0.528. The molecular formula is C28H31N3O3S. The van der Waals surface area contributed by atoms with Crippen LogP contribution in [0.5, 0.6) is 5.75 Å². The fourth-order valence-electron chi connectivity index (χ4n) is 4.22. The molecule has 0 fully saturated rings. The molecule has 35 heavy (non-hydrogen) atoms. The number of benzene rings is 2. The standard InChI is InChI=1S/C28H31N3O3S/c1-18-12-13-21(14-19(18)2)31-27(33)26-23-10-5-3-4-6-11-24(23)35-28(26)30-16-20-8-7-9-22(15-20)34-17-25(29)32/h7-9,12-16H,3-6,10-11,17H2,1-2H3,(H2,29,32)(H,31,33). The summed E-state index contributed by atoms with van der Waals surface area (Å²) in [6, 6.07) is 13.3. The van der Waals surface area contributed by atoms with Crippen molar-refractivity contribution in [2.45, 2.75) is 52.4 Å². The molecule has 1 heterocycles. The van der Waals surface area contributed by atoms with Crippen molar-refractivity contribution in [3.8, 4) is 5.75 Å². The molecule has 0 radical (unpaired) electrons. The van der Waals surface area contributed by atoms with Crippen LogP contribution in [0.1, 0.15) is 63.2 Å². The van der Waals surface area contributed by atoms with Gasteiger partial charge in [0.1, 0.15) is 10.8 Å². The van der Waals surface area contributed by atoms with E-state index in [1.54, 1.807) is 29.7 Å². The van der Waals surface area contributed by atoms with Gasteiger partial charge in [-0.25, -0.2) is 4.99 Å². The van der Waals surface area contributed by atoms with E-state index in [4.69, 9.17) is 15.5 Å². The summed E-state index contributed by atoms with van der Waals surface area (Å²) in [5, 5.41) is 3.83. The van der Waals surface area contributed by atoms with Crippen LogP contribution in [0, 0.1) is 13.8 Å². The van der Waals surface area contributed by atoms with Crippen molar-refractivity contribution in [2.75, 3.05) is 11.9 Å². The number of fused-ring (bicyclic) bond motifs is 1. The van der Waals surface area contributed by atoms with Crippen molar-refractivity contribution in [1.29, 1.82) is 0 Å². The van der Waals surface area contributed by atoms with Gasteiger partial charge in [-0.3, -0.25) is 9.59 Å². The Morgan fingerprint density at radius 1 is 1.06 bits per heavy atom. The Morgan fingerprint density at radius 2 is 1.86 bits per heavy atom. The summed E-state index contributed by atoms with van der Waals surface area (Å²) in [7, 11) is 0. The zero-order chi connectivity index (χ0) is 24.8. The van der Waals surface area contributed by atoms with E-state index in [1.807, 2.05) is 37.3 Å². The summed E-state index contributed by atoms with van der Waals surface area (Å²) in [4.78, 5) is 30.6. The number of aliphatic imine (C=N–C) groups is 1. The molecule has 2 aromatic carbocycles. The van der Waals surface area contributed by atoms with Gasteiger partial charge in [-0.2, -0.15) is 0 Å². The molecule has 2 amide bonds. The lowest BCUT2D eigenvalue weighted by Crippen LogP contribution is -2.20. The second kappa shape index (κ2) is 11.3. The number of amides is 2. The summed E-state index contributed by atoms with van der Waals surface area (Å²) in [5.41, 5.74) is 10.9. The van der Waals surface area contributed by atoms with Crippen LogP contribution in [0.25, 0.3) is 0 Å². The van der Waals surface area contributed by atoms with E-state index in [0.29, 0.717) is 11.3 Å². The highest BCUT2D eigenvalue weighted by Crippen LogP contribution is 2.39. The number of ether oxygens (including phenoxy) is 1. The molecule has 1 aliphatic carbocycles. The molecule has 4 rings (SSSR count). The van der Waals surface area contributed by atoms with E-state index in [-0.39, 0.29) is 12.5 Å². The lowest BCUT2D eigenvalue weighted by atomic mass is 9.96. The molecule has 7 heteroatoms. The number of primary amides is 1. The Balaban J connectivity index is 1.65. The molecule has 3 aromatic rings. The number of anilines is 1. The SMILES string of the molecule is Cc1ccc(NC(=O)c2c(N=Cc3cccc(OCC(N)=O)c3)sc3c2CCCCCC3)cc1C. The molecule has 0 atom stereocenters. The highest BCUT2D eigenvalue weighted by molar-refractivity contribution is 7.16. The molecule has 0 aliphatic heterocycles. The van der Waals surface area contributed by atoms with Crippen molar-refractivity contribution < 1.29 is 14.3 Å². The zero-order valence-corrected chi connectivity index (χ0v) is 21.0. The van der Waals surface area contributed by atoms with Gasteiger partial charge in [0.2, 0.25) is 0 Å². The van der Waals surface area contributed by atoms with E-state index in [0.717, 1.165) is 53.1 Å². The van der Waals surface area contributed by atoms with E-state index in [9.17, 15) is 9.59 Å². The average Bonchev–Trinajstić information content (AvgIpc) is 3.15. The summed E-state index contributed by atoms with van der Waals surface area (Å²) in [6.45, 7) is 3.92. The first-order valence-corrected chi connectivity index (χ1v) is 12.8. The second-order valence-corrected chi connectivity index (χ2v) is 10.0. The summed E-state index contributed by atoms with van der Waals surface area (Å²) in [5.74, 6) is -0.101. The quantitative estimate of drug-likeness (QED) is 0.405. The molecular weight excluding hydrogens is 458 g/mol. The van der Waals surface area contributed by atoms with Crippen LogP contribution >= 0.6 is 11.3 Å². The molecule has 3 N–H and O–H groups in total. The van der Waals surface area contributed by atoms with Gasteiger partial charge in [0.25, 0.3) is 11.8 Å². The van der Waals surface area contributed by atoms with E-state index < -0.39 is 5.91 Å². The minimum Gasteiger partial charge on any atom is -0.484 e. The molecule has 0 saturated heterocycles. The normalized spacial score (nSPS) is 13.7. The second-order valence-electron chi connectivity index (χ2n) is 8.94. The first-order valence-electron chi connectivity index (χ1n) is 12.0. The van der Waals surface area contributed by atoms with Crippen LogP contribution in [-0.4, -0.2) is 24.6 Å². The van der Waals surface area contributed by atoms with Crippen LogP contribution < -0.4 is 15.8 Å². The third kappa shape index (κ3) is 6.36. The van der Waals surface area contributed by atoms with Crippen molar-refractivity contribution in [2.24, 2.45) is 10.7 Å². The Morgan fingerprint density at radius 3 is 2.63 bits per heavy atom. The fraction of sp³-hybridized carbons (Fsp3) is 0.321. The van der Waals surface area contributed by atoms with Gasteiger partial charge in [-0.1, -0.05) is 31.0 Å². The fourth-order valence-corrected chi connectivity index (χ4v) is 5.45. The molecule has 1 aromatic heterocycles. The van der Waals surface area contributed by atoms with Crippen LogP contribution in [0.2, 0.25) is 0 Å². The Kier molecular flexibility index (Phi) is 7.98. The lowest BCUT2D eigenvalue weighted by Gasteiger charge is -2.12. The zero-order valence-electron chi connectivity index (χ0n) is 20.2. The number of nitrogens with zero attached hydrogens (tertiary/aromatic N) is 1. The van der Waals surface area contributed by atoms with Gasteiger partial charge in [0.05, 0.1) is 5.56 Å². The van der Waals surface area contributed by atoms with E-state index in [1.165, 1.54) is 23.3 Å². The number of hydrogen-bond acceptors (Lipinski definition) is 5. The number of nitrogens with one attached hydrogen (secondary N) is 1. The van der Waals surface area contributed by atoms with Gasteiger partial charge in [0.15, 0.2) is 6.61 Å². The lowest BCUT2D eigenvalue weighted by molar-refractivity contribution is -0.119. The number of thiophene rings is 1. The number of nitrogens with two attached hydrogens (primary N) is 1. The monoisotopic (exact) mass is 489 g/mol. The van der Waals surface area contributed by atoms with Crippen LogP contribution in [0.4, 0.5) is 10.7 Å². The maximum absolute atomic E-state index is 13.5. The van der Waals surface area contributed by atoms with Crippen LogP contribution in [-0.2, 0) is 17.6 Å². The van der Waals surface area contributed by atoms with Gasteiger partial charge in [-0.15, -0.1) is 11.3 Å². The van der Waals surface area contributed by atoms with Crippen LogP contribution in [0.3, 0.4) is 0 Å². The Labute approximate surface area is 210 Å². The minimum absolute atomic E-state index is 0.114. The molecule has 0 bridgehead atoms. The molecule has 0 saturated carbocycles. The summed E-state index contributed by atoms with van der Waals surface area (Å²) >= 11 is 1.62. The Hall–Kier alpha value is -3.45.